The van der Waals surface area contributed by atoms with Gasteiger partial charge < -0.3 is 9.64 Å². The highest BCUT2D eigenvalue weighted by molar-refractivity contribution is 5.98. The lowest BCUT2D eigenvalue weighted by atomic mass is 9.88. The summed E-state index contributed by atoms with van der Waals surface area (Å²) < 4.78 is 6.03. The third kappa shape index (κ3) is 6.08. The number of rotatable bonds is 10. The standard InChI is InChI=1S/C29H35NO/c1-5-23(3)30(4)21-22-31-27-19-17-26(18-20-27)29(25-15-11-8-12-16-25)28(6-2)24-13-9-7-10-14-24/h7-20,23H,5-6,21-22H2,1-4H3/b29-28-. The maximum Gasteiger partial charge on any atom is 0.119 e. The minimum Gasteiger partial charge on any atom is -0.492 e. The predicted octanol–water partition coefficient (Wildman–Crippen LogP) is 7.16. The molecule has 31 heavy (non-hydrogen) atoms. The molecule has 3 aromatic carbocycles. The lowest BCUT2D eigenvalue weighted by Gasteiger charge is -2.23. The van der Waals surface area contributed by atoms with E-state index >= 15 is 0 Å². The summed E-state index contributed by atoms with van der Waals surface area (Å²) in [5, 5.41) is 0. The zero-order chi connectivity index (χ0) is 22.1. The average Bonchev–Trinajstić information content (AvgIpc) is 2.83. The Morgan fingerprint density at radius 2 is 1.32 bits per heavy atom. The second kappa shape index (κ2) is 11.5. The highest BCUT2D eigenvalue weighted by Gasteiger charge is 2.13. The van der Waals surface area contributed by atoms with Crippen molar-refractivity contribution in [2.24, 2.45) is 0 Å². The molecule has 2 nitrogen and oxygen atoms in total. The molecule has 162 valence electrons. The van der Waals surface area contributed by atoms with Crippen LogP contribution < -0.4 is 4.74 Å². The van der Waals surface area contributed by atoms with Gasteiger partial charge >= 0.3 is 0 Å². The quantitative estimate of drug-likeness (QED) is 0.327. The lowest BCUT2D eigenvalue weighted by Crippen LogP contribution is -2.32. The third-order valence-electron chi connectivity index (χ3n) is 6.04. The van der Waals surface area contributed by atoms with E-state index in [2.05, 4.69) is 118 Å². The van der Waals surface area contributed by atoms with E-state index in [1.165, 1.54) is 27.8 Å². The van der Waals surface area contributed by atoms with Gasteiger partial charge in [-0.2, -0.15) is 0 Å². The molecule has 0 aliphatic heterocycles. The SMILES string of the molecule is CC/C(=C(\c1ccccc1)c1ccc(OCCN(C)C(C)CC)cc1)c1ccccc1. The van der Waals surface area contributed by atoms with Crippen LogP contribution in [0.25, 0.3) is 11.1 Å². The topological polar surface area (TPSA) is 12.5 Å². The molecule has 2 heteroatoms. The molecule has 0 saturated heterocycles. The summed E-state index contributed by atoms with van der Waals surface area (Å²) in [5.41, 5.74) is 6.38. The van der Waals surface area contributed by atoms with Crippen molar-refractivity contribution < 1.29 is 4.74 Å². The van der Waals surface area contributed by atoms with Gasteiger partial charge in [-0.1, -0.05) is 86.6 Å². The molecule has 0 aliphatic rings. The van der Waals surface area contributed by atoms with Gasteiger partial charge in [0, 0.05) is 12.6 Å². The zero-order valence-corrected chi connectivity index (χ0v) is 19.3. The summed E-state index contributed by atoms with van der Waals surface area (Å²) in [6, 6.07) is 30.5. The normalized spacial score (nSPS) is 13.1. The molecule has 0 bridgehead atoms. The first-order chi connectivity index (χ1) is 15.1. The first-order valence-electron chi connectivity index (χ1n) is 11.4. The number of hydrogen-bond acceptors (Lipinski definition) is 2. The fraction of sp³-hybridized carbons (Fsp3) is 0.310. The average molecular weight is 414 g/mol. The second-order valence-corrected chi connectivity index (χ2v) is 8.05. The van der Waals surface area contributed by atoms with E-state index in [9.17, 15) is 0 Å². The number of allylic oxidation sites excluding steroid dienone is 1. The van der Waals surface area contributed by atoms with Crippen molar-refractivity contribution in [1.82, 2.24) is 4.90 Å². The fourth-order valence-corrected chi connectivity index (χ4v) is 3.84. The molecule has 1 unspecified atom stereocenters. The van der Waals surface area contributed by atoms with Crippen LogP contribution in [0, 0.1) is 0 Å². The maximum atomic E-state index is 6.03. The van der Waals surface area contributed by atoms with Gasteiger partial charge in [-0.05, 0) is 66.8 Å². The van der Waals surface area contributed by atoms with Gasteiger partial charge in [0.25, 0.3) is 0 Å². The van der Waals surface area contributed by atoms with Crippen LogP contribution in [0.5, 0.6) is 5.75 Å². The van der Waals surface area contributed by atoms with E-state index in [1.807, 2.05) is 0 Å². The molecule has 0 aliphatic carbocycles. The van der Waals surface area contributed by atoms with Crippen LogP contribution in [0.3, 0.4) is 0 Å². The third-order valence-corrected chi connectivity index (χ3v) is 6.04. The number of benzene rings is 3. The van der Waals surface area contributed by atoms with Crippen molar-refractivity contribution in [2.45, 2.75) is 39.7 Å². The van der Waals surface area contributed by atoms with E-state index in [0.29, 0.717) is 12.6 Å². The summed E-state index contributed by atoms with van der Waals surface area (Å²) in [6.45, 7) is 8.34. The summed E-state index contributed by atoms with van der Waals surface area (Å²) in [7, 11) is 2.16. The van der Waals surface area contributed by atoms with Crippen LogP contribution in [0.2, 0.25) is 0 Å². The molecule has 0 N–H and O–H groups in total. The Kier molecular flexibility index (Phi) is 8.49. The highest BCUT2D eigenvalue weighted by atomic mass is 16.5. The van der Waals surface area contributed by atoms with E-state index in [0.717, 1.165) is 25.1 Å². The van der Waals surface area contributed by atoms with Gasteiger partial charge in [-0.15, -0.1) is 0 Å². The highest BCUT2D eigenvalue weighted by Crippen LogP contribution is 2.34. The van der Waals surface area contributed by atoms with Gasteiger partial charge in [-0.3, -0.25) is 0 Å². The van der Waals surface area contributed by atoms with Crippen molar-refractivity contribution in [1.29, 1.82) is 0 Å². The molecule has 0 aromatic heterocycles. The first-order valence-corrected chi connectivity index (χ1v) is 11.4. The molecule has 3 rings (SSSR count). The molecule has 1 atom stereocenters. The minimum atomic E-state index is 0.579. The Bertz CT molecular complexity index is 945. The van der Waals surface area contributed by atoms with E-state index < -0.39 is 0 Å². The van der Waals surface area contributed by atoms with Crippen molar-refractivity contribution in [3.05, 3.63) is 102 Å². The molecule has 0 spiro atoms. The molecule has 0 saturated carbocycles. The first kappa shape index (κ1) is 22.8. The number of nitrogens with zero attached hydrogens (tertiary/aromatic N) is 1. The Morgan fingerprint density at radius 1 is 0.774 bits per heavy atom. The summed E-state index contributed by atoms with van der Waals surface area (Å²) >= 11 is 0. The van der Waals surface area contributed by atoms with Crippen LogP contribution in [0.4, 0.5) is 0 Å². The Labute approximate surface area is 188 Å². The molecule has 0 heterocycles. The van der Waals surface area contributed by atoms with Crippen molar-refractivity contribution in [3.8, 4) is 5.75 Å². The van der Waals surface area contributed by atoms with Crippen LogP contribution in [-0.4, -0.2) is 31.1 Å². The van der Waals surface area contributed by atoms with Gasteiger partial charge in [0.1, 0.15) is 12.4 Å². The number of ether oxygens (including phenoxy) is 1. The maximum absolute atomic E-state index is 6.03. The van der Waals surface area contributed by atoms with E-state index in [-0.39, 0.29) is 0 Å². The van der Waals surface area contributed by atoms with Crippen molar-refractivity contribution in [2.75, 3.05) is 20.2 Å². The molecule has 0 fully saturated rings. The zero-order valence-electron chi connectivity index (χ0n) is 19.3. The van der Waals surface area contributed by atoms with Crippen LogP contribution in [0.1, 0.15) is 50.3 Å². The monoisotopic (exact) mass is 413 g/mol. The smallest absolute Gasteiger partial charge is 0.119 e. The number of likely N-dealkylation sites (N-methyl/N-ethyl adjacent to an activating group) is 1. The molecule has 0 amide bonds. The van der Waals surface area contributed by atoms with Gasteiger partial charge in [0.2, 0.25) is 0 Å². The lowest BCUT2D eigenvalue weighted by molar-refractivity contribution is 0.196. The summed E-state index contributed by atoms with van der Waals surface area (Å²) in [4.78, 5) is 2.35. The van der Waals surface area contributed by atoms with E-state index in [1.54, 1.807) is 0 Å². The molecular weight excluding hydrogens is 378 g/mol. The fourth-order valence-electron chi connectivity index (χ4n) is 3.84. The molecule has 3 aromatic rings. The Balaban J connectivity index is 1.87. The van der Waals surface area contributed by atoms with Crippen molar-refractivity contribution in [3.63, 3.8) is 0 Å². The van der Waals surface area contributed by atoms with Crippen LogP contribution in [0.15, 0.2) is 84.9 Å². The van der Waals surface area contributed by atoms with Gasteiger partial charge in [0.15, 0.2) is 0 Å². The van der Waals surface area contributed by atoms with Crippen LogP contribution >= 0.6 is 0 Å². The number of hydrogen-bond donors (Lipinski definition) is 0. The summed E-state index contributed by atoms with van der Waals surface area (Å²) in [5.74, 6) is 0.923. The van der Waals surface area contributed by atoms with Crippen LogP contribution in [-0.2, 0) is 0 Å². The molecule has 0 radical (unpaired) electrons. The molecular formula is C29H35NO. The Hall–Kier alpha value is -2.84. The van der Waals surface area contributed by atoms with Gasteiger partial charge in [0.05, 0.1) is 0 Å². The summed E-state index contributed by atoms with van der Waals surface area (Å²) in [6.07, 6.45) is 2.12. The van der Waals surface area contributed by atoms with E-state index in [4.69, 9.17) is 4.74 Å². The van der Waals surface area contributed by atoms with Crippen molar-refractivity contribution >= 4 is 11.1 Å². The second-order valence-electron chi connectivity index (χ2n) is 8.05. The minimum absolute atomic E-state index is 0.579. The largest absolute Gasteiger partial charge is 0.492 e. The Morgan fingerprint density at radius 3 is 1.87 bits per heavy atom. The van der Waals surface area contributed by atoms with Gasteiger partial charge in [-0.25, -0.2) is 0 Å². The predicted molar refractivity (Wildman–Crippen MR) is 133 cm³/mol.